The van der Waals surface area contributed by atoms with Crippen LogP contribution in [0.15, 0.2) is 96.0 Å². The number of hydrogen-bond donors (Lipinski definition) is 2. The van der Waals surface area contributed by atoms with E-state index in [1.54, 1.807) is 6.08 Å². The number of hydrogen-bond acceptors (Lipinski definition) is 3. The number of allylic oxidation sites excluding steroid dienone is 14. The van der Waals surface area contributed by atoms with Crippen molar-refractivity contribution in [3.05, 3.63) is 96.0 Å². The minimum atomic E-state index is -0.423. The lowest BCUT2D eigenvalue weighted by molar-refractivity contribution is -0.133. The molecule has 0 aromatic rings. The zero-order chi connectivity index (χ0) is 32.5. The molecule has 3 aliphatic carbocycles. The average molecular weight is 727 g/mol. The number of nitrogens with one attached hydrogen (secondary N) is 2. The lowest BCUT2D eigenvalue weighted by Crippen LogP contribution is -2.39. The first kappa shape index (κ1) is 37.0. The third kappa shape index (κ3) is 14.7. The van der Waals surface area contributed by atoms with Crippen molar-refractivity contribution in [1.82, 2.24) is 10.6 Å². The molecular formula is C39H55IN2O3. The zero-order valence-corrected chi connectivity index (χ0v) is 30.1. The van der Waals surface area contributed by atoms with Gasteiger partial charge in [-0.1, -0.05) is 142 Å². The molecule has 5 nitrogen and oxygen atoms in total. The number of carbonyl (C=O) groups is 2. The molecule has 3 aliphatic rings. The summed E-state index contributed by atoms with van der Waals surface area (Å²) in [5, 5.41) is 6.02. The standard InChI is InChI=1S/C39H55IN2O3/c1-38(2,32-22-16-11-6-5-7-12-17-23-32)30-39(3,4)45-29-36(43)41-33-24-18-13-19-25-34(28-33)42-37(44)35(40)27-26-31-20-14-9-8-10-15-21-31/h8-10,13-15,18-21,24-25,28,32,35H,5-7,11-12,16-17,22-23,26-27,29-30H2,1-4H3,(H,41,43)(H,42,44)/b9-8-,10-8?,14-9?,15-10-,18-13?,19-13-,20-14?,21-15?,24-18?,25-19?,31-20?,31-21?,33-24?,33-28?,34-25+,34-28?. The molecule has 0 bridgehead atoms. The Balaban J connectivity index is 1.51. The lowest BCUT2D eigenvalue weighted by atomic mass is 9.68. The fraction of sp³-hybridized carbons (Fsp3) is 0.538. The topological polar surface area (TPSA) is 67.4 Å². The molecule has 1 fully saturated rings. The molecule has 6 heteroatoms. The Morgan fingerprint density at radius 3 is 2.13 bits per heavy atom. The highest BCUT2D eigenvalue weighted by Crippen LogP contribution is 2.42. The van der Waals surface area contributed by atoms with Crippen molar-refractivity contribution >= 4 is 34.4 Å². The zero-order valence-electron chi connectivity index (χ0n) is 28.0. The van der Waals surface area contributed by atoms with E-state index in [1.165, 1.54) is 63.4 Å². The molecule has 0 saturated heterocycles. The first-order valence-corrected chi connectivity index (χ1v) is 18.1. The number of carbonyl (C=O) groups excluding carboxylic acids is 2. The van der Waals surface area contributed by atoms with Crippen LogP contribution in [0.5, 0.6) is 0 Å². The highest BCUT2D eigenvalue weighted by molar-refractivity contribution is 14.1. The highest BCUT2D eigenvalue weighted by Gasteiger charge is 2.35. The van der Waals surface area contributed by atoms with Crippen LogP contribution in [0.25, 0.3) is 0 Å². The van der Waals surface area contributed by atoms with Crippen molar-refractivity contribution in [2.24, 2.45) is 11.3 Å². The van der Waals surface area contributed by atoms with Gasteiger partial charge in [-0.2, -0.15) is 0 Å². The summed E-state index contributed by atoms with van der Waals surface area (Å²) in [5.41, 5.74) is 2.14. The molecule has 2 N–H and O–H groups in total. The maximum Gasteiger partial charge on any atom is 0.250 e. The van der Waals surface area contributed by atoms with Gasteiger partial charge in [-0.15, -0.1) is 0 Å². The van der Waals surface area contributed by atoms with Crippen LogP contribution in [-0.4, -0.2) is 27.9 Å². The number of rotatable bonds is 12. The van der Waals surface area contributed by atoms with Gasteiger partial charge in [0.05, 0.1) is 9.53 Å². The normalized spacial score (nSPS) is 22.6. The summed E-state index contributed by atoms with van der Waals surface area (Å²) in [6.45, 7) is 8.96. The van der Waals surface area contributed by atoms with Gasteiger partial charge in [0.15, 0.2) is 0 Å². The van der Waals surface area contributed by atoms with E-state index in [2.05, 4.69) is 73.1 Å². The molecule has 1 atom stereocenters. The van der Waals surface area contributed by atoms with E-state index in [0.717, 1.165) is 19.3 Å². The van der Waals surface area contributed by atoms with Crippen molar-refractivity contribution in [2.75, 3.05) is 6.61 Å². The Kier molecular flexibility index (Phi) is 15.8. The summed E-state index contributed by atoms with van der Waals surface area (Å²) in [5.74, 6) is 0.413. The van der Waals surface area contributed by atoms with E-state index < -0.39 is 5.60 Å². The fourth-order valence-electron chi connectivity index (χ4n) is 6.56. The summed E-state index contributed by atoms with van der Waals surface area (Å²) >= 11 is 2.21. The predicted molar refractivity (Wildman–Crippen MR) is 197 cm³/mol. The lowest BCUT2D eigenvalue weighted by Gasteiger charge is -2.41. The predicted octanol–water partition coefficient (Wildman–Crippen LogP) is 9.66. The maximum atomic E-state index is 13.0. The number of ether oxygens (including phenoxy) is 1. The van der Waals surface area contributed by atoms with Crippen molar-refractivity contribution < 1.29 is 14.3 Å². The molecule has 0 radical (unpaired) electrons. The van der Waals surface area contributed by atoms with Crippen molar-refractivity contribution in [1.29, 1.82) is 0 Å². The van der Waals surface area contributed by atoms with Gasteiger partial charge in [0.1, 0.15) is 6.61 Å². The fourth-order valence-corrected chi connectivity index (χ4v) is 7.03. The van der Waals surface area contributed by atoms with Crippen LogP contribution in [0.4, 0.5) is 0 Å². The molecule has 2 amide bonds. The van der Waals surface area contributed by atoms with Crippen LogP contribution in [0, 0.1) is 11.3 Å². The molecule has 3 rings (SSSR count). The molecule has 0 aliphatic heterocycles. The third-order valence-electron chi connectivity index (χ3n) is 8.86. The summed E-state index contributed by atoms with van der Waals surface area (Å²) in [4.78, 5) is 26.1. The van der Waals surface area contributed by atoms with Crippen LogP contribution in [0.3, 0.4) is 0 Å². The second-order valence-electron chi connectivity index (χ2n) is 13.8. The molecule has 246 valence electrons. The quantitative estimate of drug-likeness (QED) is 0.156. The van der Waals surface area contributed by atoms with Crippen LogP contribution in [0.1, 0.15) is 105 Å². The first-order chi connectivity index (χ1) is 21.5. The van der Waals surface area contributed by atoms with Gasteiger partial charge in [-0.05, 0) is 81.1 Å². The molecule has 0 spiro atoms. The summed E-state index contributed by atoms with van der Waals surface area (Å²) in [6, 6.07) is 0. The van der Waals surface area contributed by atoms with Gasteiger partial charge in [0, 0.05) is 11.4 Å². The van der Waals surface area contributed by atoms with Gasteiger partial charge < -0.3 is 15.4 Å². The van der Waals surface area contributed by atoms with E-state index >= 15 is 0 Å². The largest absolute Gasteiger partial charge is 0.366 e. The summed E-state index contributed by atoms with van der Waals surface area (Å²) < 4.78 is 6.05. The van der Waals surface area contributed by atoms with Crippen molar-refractivity contribution in [3.8, 4) is 0 Å². The van der Waals surface area contributed by atoms with Crippen molar-refractivity contribution in [2.45, 2.75) is 114 Å². The van der Waals surface area contributed by atoms with E-state index in [1.807, 2.05) is 60.8 Å². The Morgan fingerprint density at radius 2 is 1.40 bits per heavy atom. The van der Waals surface area contributed by atoms with Gasteiger partial charge in [-0.3, -0.25) is 9.59 Å². The minimum absolute atomic E-state index is 0.0225. The van der Waals surface area contributed by atoms with E-state index in [0.29, 0.717) is 17.3 Å². The monoisotopic (exact) mass is 726 g/mol. The number of halogens is 1. The molecule has 0 heterocycles. The molecule has 0 aromatic heterocycles. The molecule has 1 saturated carbocycles. The molecule has 45 heavy (non-hydrogen) atoms. The Bertz CT molecular complexity index is 1220. The SMILES string of the molecule is CC(C)(CC(C)(C)C1CCCCCCCCC1)OCC(=O)NC1=C/C(NC(=O)C(I)CCC2=C/C=C\C=C/C=C2)=C\C=C/C=C1. The summed E-state index contributed by atoms with van der Waals surface area (Å²) in [6.07, 6.45) is 39.7. The smallest absolute Gasteiger partial charge is 0.250 e. The third-order valence-corrected chi connectivity index (χ3v) is 10.0. The van der Waals surface area contributed by atoms with Crippen LogP contribution in [-0.2, 0) is 14.3 Å². The maximum absolute atomic E-state index is 13.0. The van der Waals surface area contributed by atoms with Gasteiger partial charge in [0.2, 0.25) is 11.8 Å². The van der Waals surface area contributed by atoms with Crippen molar-refractivity contribution in [3.63, 3.8) is 0 Å². The molecule has 0 aromatic carbocycles. The Morgan fingerprint density at radius 1 is 0.800 bits per heavy atom. The first-order valence-electron chi connectivity index (χ1n) is 16.9. The van der Waals surface area contributed by atoms with Gasteiger partial charge in [-0.25, -0.2) is 0 Å². The second-order valence-corrected chi connectivity index (χ2v) is 15.3. The van der Waals surface area contributed by atoms with E-state index in [9.17, 15) is 9.59 Å². The highest BCUT2D eigenvalue weighted by atomic mass is 127. The summed E-state index contributed by atoms with van der Waals surface area (Å²) in [7, 11) is 0. The van der Waals surface area contributed by atoms with Crippen LogP contribution < -0.4 is 10.6 Å². The van der Waals surface area contributed by atoms with E-state index in [-0.39, 0.29) is 27.8 Å². The van der Waals surface area contributed by atoms with Gasteiger partial charge >= 0.3 is 0 Å². The van der Waals surface area contributed by atoms with Crippen LogP contribution >= 0.6 is 22.6 Å². The number of amides is 2. The van der Waals surface area contributed by atoms with Crippen LogP contribution in [0.2, 0.25) is 0 Å². The Hall–Kier alpha value is -2.45. The number of alkyl halides is 1. The average Bonchev–Trinajstić information content (AvgIpc) is 2.95. The molecular weight excluding hydrogens is 671 g/mol. The van der Waals surface area contributed by atoms with Gasteiger partial charge in [0.25, 0.3) is 0 Å². The molecule has 1 unspecified atom stereocenters. The minimum Gasteiger partial charge on any atom is -0.366 e. The Labute approximate surface area is 286 Å². The van der Waals surface area contributed by atoms with E-state index in [4.69, 9.17) is 4.74 Å². The second kappa shape index (κ2) is 19.3.